The second-order valence-corrected chi connectivity index (χ2v) is 7.56. The smallest absolute Gasteiger partial charge is 0.272 e. The minimum atomic E-state index is -0.552. The van der Waals surface area contributed by atoms with Gasteiger partial charge in [0.1, 0.15) is 11.5 Å². The predicted molar refractivity (Wildman–Crippen MR) is 114 cm³/mol. The van der Waals surface area contributed by atoms with Crippen molar-refractivity contribution in [1.29, 1.82) is 0 Å². The number of nitrogens with zero attached hydrogens (tertiary/aromatic N) is 3. The molecule has 2 aliphatic heterocycles. The zero-order valence-electron chi connectivity index (χ0n) is 16.8. The van der Waals surface area contributed by atoms with E-state index in [1.165, 1.54) is 11.8 Å². The minimum Gasteiger partial charge on any atom is -0.512 e. The molecule has 0 aromatic rings. The number of likely N-dealkylation sites (N-methyl/N-ethyl adjacent to an activating group) is 1. The van der Waals surface area contributed by atoms with Crippen molar-refractivity contribution in [3.63, 3.8) is 0 Å². The third-order valence-corrected chi connectivity index (χ3v) is 5.34. The third kappa shape index (κ3) is 6.22. The largest absolute Gasteiger partial charge is 0.512 e. The second kappa shape index (κ2) is 11.5. The number of thioether (sulfide) groups is 1. The van der Waals surface area contributed by atoms with Crippen molar-refractivity contribution in [3.8, 4) is 0 Å². The summed E-state index contributed by atoms with van der Waals surface area (Å²) in [6.07, 6.45) is 8.30. The van der Waals surface area contributed by atoms with Crippen LogP contribution in [0.25, 0.3) is 0 Å². The molecule has 8 nitrogen and oxygen atoms in total. The van der Waals surface area contributed by atoms with Crippen LogP contribution in [0.4, 0.5) is 0 Å². The van der Waals surface area contributed by atoms with Crippen LogP contribution in [0, 0.1) is 5.92 Å². The van der Waals surface area contributed by atoms with Crippen LogP contribution in [0.1, 0.15) is 20.3 Å². The molecule has 1 fully saturated rings. The molecular formula is C20H28N4O4S. The Bertz CT molecular complexity index is 732. The monoisotopic (exact) mass is 420 g/mol. The summed E-state index contributed by atoms with van der Waals surface area (Å²) in [4.78, 5) is 43.7. The van der Waals surface area contributed by atoms with Crippen molar-refractivity contribution in [2.45, 2.75) is 26.3 Å². The molecule has 2 unspecified atom stereocenters. The molecule has 1 saturated heterocycles. The molecule has 0 spiro atoms. The first-order valence-corrected chi connectivity index (χ1v) is 10.7. The molecule has 9 heteroatoms. The van der Waals surface area contributed by atoms with Gasteiger partial charge in [-0.15, -0.1) is 11.8 Å². The number of amides is 3. The highest BCUT2D eigenvalue weighted by atomic mass is 32.2. The number of aliphatic hydroxyl groups excluding tert-OH is 1. The van der Waals surface area contributed by atoms with Gasteiger partial charge < -0.3 is 20.2 Å². The molecule has 2 rings (SSSR count). The maximum Gasteiger partial charge on any atom is 0.272 e. The van der Waals surface area contributed by atoms with Crippen molar-refractivity contribution in [2.24, 2.45) is 10.9 Å². The van der Waals surface area contributed by atoms with Gasteiger partial charge in [-0.05, 0) is 19.4 Å². The van der Waals surface area contributed by atoms with E-state index in [2.05, 4.69) is 10.3 Å². The summed E-state index contributed by atoms with van der Waals surface area (Å²) in [5.74, 6) is -0.664. The lowest BCUT2D eigenvalue weighted by Gasteiger charge is -2.27. The molecule has 158 valence electrons. The number of allylic oxidation sites excluding steroid dienone is 1. The first-order valence-electron chi connectivity index (χ1n) is 9.69. The number of hydrogen-bond acceptors (Lipinski definition) is 6. The second-order valence-electron chi connectivity index (χ2n) is 6.69. The fourth-order valence-electron chi connectivity index (χ4n) is 3.29. The Morgan fingerprint density at radius 1 is 1.38 bits per heavy atom. The Morgan fingerprint density at radius 3 is 2.79 bits per heavy atom. The van der Waals surface area contributed by atoms with E-state index in [0.29, 0.717) is 24.5 Å². The van der Waals surface area contributed by atoms with Crippen molar-refractivity contribution in [3.05, 3.63) is 35.8 Å². The molecule has 0 aromatic carbocycles. The van der Waals surface area contributed by atoms with Gasteiger partial charge in [0.2, 0.25) is 12.3 Å². The van der Waals surface area contributed by atoms with Crippen molar-refractivity contribution >= 4 is 35.5 Å². The maximum atomic E-state index is 12.8. The van der Waals surface area contributed by atoms with E-state index in [4.69, 9.17) is 0 Å². The van der Waals surface area contributed by atoms with Gasteiger partial charge in [-0.1, -0.05) is 19.1 Å². The highest BCUT2D eigenvalue weighted by Gasteiger charge is 2.41. The van der Waals surface area contributed by atoms with Gasteiger partial charge >= 0.3 is 0 Å². The summed E-state index contributed by atoms with van der Waals surface area (Å²) < 4.78 is 0. The van der Waals surface area contributed by atoms with Crippen LogP contribution in [-0.4, -0.2) is 76.7 Å². The quantitative estimate of drug-likeness (QED) is 0.255. The van der Waals surface area contributed by atoms with E-state index in [-0.39, 0.29) is 24.8 Å². The van der Waals surface area contributed by atoms with Gasteiger partial charge in [0, 0.05) is 38.0 Å². The third-order valence-electron chi connectivity index (χ3n) is 4.72. The molecule has 0 radical (unpaired) electrons. The molecule has 0 bridgehead atoms. The van der Waals surface area contributed by atoms with Crippen LogP contribution in [-0.2, 0) is 14.4 Å². The summed E-state index contributed by atoms with van der Waals surface area (Å²) in [5, 5.41) is 13.2. The van der Waals surface area contributed by atoms with E-state index in [0.717, 1.165) is 18.9 Å². The summed E-state index contributed by atoms with van der Waals surface area (Å²) in [6.45, 7) is 5.05. The van der Waals surface area contributed by atoms with E-state index >= 15 is 0 Å². The molecule has 3 amide bonds. The first kappa shape index (κ1) is 22.7. The molecule has 2 atom stereocenters. The Balaban J connectivity index is 2.25. The van der Waals surface area contributed by atoms with Gasteiger partial charge in [-0.3, -0.25) is 14.4 Å². The average Bonchev–Trinajstić information content (AvgIpc) is 3.17. The van der Waals surface area contributed by atoms with Crippen molar-refractivity contribution in [2.75, 3.05) is 31.9 Å². The summed E-state index contributed by atoms with van der Waals surface area (Å²) in [7, 11) is 0. The molecule has 2 N–H and O–H groups in total. The van der Waals surface area contributed by atoms with Crippen LogP contribution >= 0.6 is 11.8 Å². The van der Waals surface area contributed by atoms with Crippen LogP contribution < -0.4 is 5.32 Å². The number of hydrogen-bond donors (Lipinski definition) is 2. The fourth-order valence-corrected chi connectivity index (χ4v) is 3.81. The van der Waals surface area contributed by atoms with E-state index in [1.54, 1.807) is 28.3 Å². The highest BCUT2D eigenvalue weighted by molar-refractivity contribution is 8.12. The number of carbonyl (C=O) groups is 3. The lowest BCUT2D eigenvalue weighted by Crippen LogP contribution is -2.41. The summed E-state index contributed by atoms with van der Waals surface area (Å²) in [6, 6.07) is -0.439. The molecule has 29 heavy (non-hydrogen) atoms. The van der Waals surface area contributed by atoms with Gasteiger partial charge in [0.15, 0.2) is 0 Å². The summed E-state index contributed by atoms with van der Waals surface area (Å²) in [5.41, 5.74) is 2.00. The number of aliphatic imine (C=N–C) groups is 1. The zero-order chi connectivity index (χ0) is 21.2. The summed E-state index contributed by atoms with van der Waals surface area (Å²) >= 11 is 1.50. The Kier molecular flexibility index (Phi) is 8.98. The number of rotatable bonds is 9. The highest BCUT2D eigenvalue weighted by Crippen LogP contribution is 2.28. The molecule has 2 aliphatic rings. The molecule has 0 saturated carbocycles. The normalized spacial score (nSPS) is 21.9. The van der Waals surface area contributed by atoms with Crippen LogP contribution in [0.2, 0.25) is 0 Å². The van der Waals surface area contributed by atoms with Crippen LogP contribution in [0.5, 0.6) is 0 Å². The maximum absolute atomic E-state index is 12.8. The Hall–Kier alpha value is -2.55. The fraction of sp³-hybridized carbons (Fsp3) is 0.500. The van der Waals surface area contributed by atoms with Gasteiger partial charge in [0.25, 0.3) is 5.91 Å². The molecular weight excluding hydrogens is 392 g/mol. The molecule has 0 aromatic heterocycles. The van der Waals surface area contributed by atoms with Crippen LogP contribution in [0.15, 0.2) is 40.8 Å². The van der Waals surface area contributed by atoms with Gasteiger partial charge in [-0.2, -0.15) is 0 Å². The molecule has 0 aliphatic carbocycles. The average molecular weight is 421 g/mol. The van der Waals surface area contributed by atoms with E-state index in [1.807, 2.05) is 19.1 Å². The van der Waals surface area contributed by atoms with E-state index in [9.17, 15) is 19.5 Å². The number of likely N-dealkylation sites (tertiary alicyclic amines) is 1. The minimum absolute atomic E-state index is 0.140. The number of carbonyl (C=O) groups excluding carboxylic acids is 3. The van der Waals surface area contributed by atoms with E-state index < -0.39 is 17.9 Å². The van der Waals surface area contributed by atoms with Crippen molar-refractivity contribution in [1.82, 2.24) is 15.1 Å². The number of nitrogens with one attached hydrogen (secondary N) is 1. The molecule has 2 heterocycles. The lowest BCUT2D eigenvalue weighted by atomic mass is 9.99. The Labute approximate surface area is 175 Å². The van der Waals surface area contributed by atoms with Gasteiger partial charge in [0.05, 0.1) is 17.5 Å². The van der Waals surface area contributed by atoms with Crippen LogP contribution in [0.3, 0.4) is 0 Å². The lowest BCUT2D eigenvalue weighted by molar-refractivity contribution is -0.127. The SMILES string of the molecule is CC/C=C/CN(C=O)C1CN(C(=O)C2=CCSC=N2)CC1/C(O)=C/C(=O)NCC. The Morgan fingerprint density at radius 2 is 2.17 bits per heavy atom. The van der Waals surface area contributed by atoms with Crippen molar-refractivity contribution < 1.29 is 19.5 Å². The number of aliphatic hydroxyl groups is 1. The standard InChI is InChI=1S/C20H28N4O4S/c1-3-5-6-8-23(14-25)17-12-24(20(28)16-7-9-29-13-22-16)11-15(17)18(26)10-19(27)21-4-2/h5-7,10,13-15,17,26H,3-4,8-9,11-12H2,1-2H3,(H,21,27)/b6-5+,18-10-. The van der Waals surface area contributed by atoms with Gasteiger partial charge in [-0.25, -0.2) is 4.99 Å². The zero-order valence-corrected chi connectivity index (χ0v) is 17.6. The predicted octanol–water partition coefficient (Wildman–Crippen LogP) is 1.48. The first-order chi connectivity index (χ1) is 14.0. The topological polar surface area (TPSA) is 102 Å².